The molecule has 0 aliphatic carbocycles. The van der Waals surface area contributed by atoms with Gasteiger partial charge in [-0.2, -0.15) is 0 Å². The number of halogens is 1. The molecule has 148 valence electrons. The van der Waals surface area contributed by atoms with Crippen molar-refractivity contribution in [3.05, 3.63) is 57.6 Å². The van der Waals surface area contributed by atoms with E-state index in [1.165, 1.54) is 11.1 Å². The van der Waals surface area contributed by atoms with E-state index in [-0.39, 0.29) is 5.91 Å². The molecule has 2 heterocycles. The molecule has 0 atom stereocenters. The lowest BCUT2D eigenvalue weighted by atomic mass is 10.1. The standard InChI is InChI=1S/C22H26BrN3O2/c1-16-12-19(23)3-4-20(16)24-22(27)15-26-9-7-25(8-10-26)14-17-2-5-21-18(13-17)6-11-28-21/h2-5,12-13H,6-11,14-15H2,1H3,(H,24,27). The maximum atomic E-state index is 12.4. The monoisotopic (exact) mass is 443 g/mol. The van der Waals surface area contributed by atoms with Crippen molar-refractivity contribution in [3.63, 3.8) is 0 Å². The number of benzene rings is 2. The van der Waals surface area contributed by atoms with E-state index in [0.717, 1.165) is 67.2 Å². The minimum atomic E-state index is 0.0532. The van der Waals surface area contributed by atoms with Crippen molar-refractivity contribution in [1.82, 2.24) is 9.80 Å². The topological polar surface area (TPSA) is 44.8 Å². The summed E-state index contributed by atoms with van der Waals surface area (Å²) in [4.78, 5) is 17.1. The fourth-order valence-corrected chi connectivity index (χ4v) is 4.34. The van der Waals surface area contributed by atoms with Gasteiger partial charge in [-0.05, 0) is 47.9 Å². The van der Waals surface area contributed by atoms with Crippen molar-refractivity contribution in [1.29, 1.82) is 0 Å². The van der Waals surface area contributed by atoms with Gasteiger partial charge in [0.05, 0.1) is 13.2 Å². The Hall–Kier alpha value is -1.89. The van der Waals surface area contributed by atoms with Crippen molar-refractivity contribution < 1.29 is 9.53 Å². The second kappa shape index (κ2) is 8.64. The lowest BCUT2D eigenvalue weighted by Gasteiger charge is -2.34. The van der Waals surface area contributed by atoms with Crippen LogP contribution in [0.5, 0.6) is 5.75 Å². The van der Waals surface area contributed by atoms with Crippen LogP contribution in [0, 0.1) is 6.92 Å². The molecule has 0 radical (unpaired) electrons. The average Bonchev–Trinajstić information content (AvgIpc) is 3.13. The fourth-order valence-electron chi connectivity index (χ4n) is 3.86. The van der Waals surface area contributed by atoms with Gasteiger partial charge in [-0.1, -0.05) is 28.1 Å². The molecule has 1 amide bonds. The summed E-state index contributed by atoms with van der Waals surface area (Å²) in [6, 6.07) is 12.5. The molecular weight excluding hydrogens is 418 g/mol. The van der Waals surface area contributed by atoms with E-state index in [0.29, 0.717) is 6.54 Å². The van der Waals surface area contributed by atoms with E-state index in [4.69, 9.17) is 4.74 Å². The summed E-state index contributed by atoms with van der Waals surface area (Å²) in [6.07, 6.45) is 1.02. The Morgan fingerprint density at radius 2 is 1.89 bits per heavy atom. The van der Waals surface area contributed by atoms with E-state index >= 15 is 0 Å². The van der Waals surface area contributed by atoms with Gasteiger partial charge in [-0.3, -0.25) is 14.6 Å². The molecule has 0 spiro atoms. The van der Waals surface area contributed by atoms with Crippen LogP contribution in [-0.4, -0.2) is 55.0 Å². The first-order valence-electron chi connectivity index (χ1n) is 9.82. The zero-order chi connectivity index (χ0) is 19.5. The molecule has 1 saturated heterocycles. The third-order valence-electron chi connectivity index (χ3n) is 5.45. The number of aryl methyl sites for hydroxylation is 1. The zero-order valence-electron chi connectivity index (χ0n) is 16.2. The number of hydrogen-bond donors (Lipinski definition) is 1. The Morgan fingerprint density at radius 3 is 2.68 bits per heavy atom. The van der Waals surface area contributed by atoms with Crippen LogP contribution in [0.15, 0.2) is 40.9 Å². The summed E-state index contributed by atoms with van der Waals surface area (Å²) in [5, 5.41) is 3.03. The number of hydrogen-bond acceptors (Lipinski definition) is 4. The summed E-state index contributed by atoms with van der Waals surface area (Å²) >= 11 is 3.45. The number of ether oxygens (including phenoxy) is 1. The van der Waals surface area contributed by atoms with E-state index in [9.17, 15) is 4.79 Å². The highest BCUT2D eigenvalue weighted by Gasteiger charge is 2.20. The number of piperazine rings is 1. The van der Waals surface area contributed by atoms with Crippen LogP contribution in [0.3, 0.4) is 0 Å². The molecule has 2 aliphatic rings. The van der Waals surface area contributed by atoms with Gasteiger partial charge in [0.15, 0.2) is 0 Å². The molecule has 1 fully saturated rings. The quantitative estimate of drug-likeness (QED) is 0.768. The molecule has 0 unspecified atom stereocenters. The third kappa shape index (κ3) is 4.74. The Balaban J connectivity index is 1.24. The molecule has 28 heavy (non-hydrogen) atoms. The predicted octanol–water partition coefficient (Wildman–Crippen LogP) is 3.45. The molecular formula is C22H26BrN3O2. The average molecular weight is 444 g/mol. The highest BCUT2D eigenvalue weighted by molar-refractivity contribution is 9.10. The second-order valence-electron chi connectivity index (χ2n) is 7.60. The van der Waals surface area contributed by atoms with Gasteiger partial charge < -0.3 is 10.1 Å². The Morgan fingerprint density at radius 1 is 1.11 bits per heavy atom. The summed E-state index contributed by atoms with van der Waals surface area (Å²) in [5.41, 5.74) is 4.62. The molecule has 2 aliphatic heterocycles. The fraction of sp³-hybridized carbons (Fsp3) is 0.409. The molecule has 2 aromatic carbocycles. The molecule has 0 bridgehead atoms. The van der Waals surface area contributed by atoms with E-state index in [2.05, 4.69) is 49.2 Å². The molecule has 0 saturated carbocycles. The molecule has 1 N–H and O–H groups in total. The van der Waals surface area contributed by atoms with Gasteiger partial charge in [-0.25, -0.2) is 0 Å². The number of nitrogens with zero attached hydrogens (tertiary/aromatic N) is 2. The van der Waals surface area contributed by atoms with Crippen molar-refractivity contribution in [2.75, 3.05) is 44.6 Å². The number of nitrogens with one attached hydrogen (secondary N) is 1. The van der Waals surface area contributed by atoms with Crippen molar-refractivity contribution in [2.45, 2.75) is 19.9 Å². The Bertz CT molecular complexity index is 863. The van der Waals surface area contributed by atoms with Crippen LogP contribution in [-0.2, 0) is 17.8 Å². The van der Waals surface area contributed by atoms with Crippen LogP contribution in [0.4, 0.5) is 5.69 Å². The van der Waals surface area contributed by atoms with Gasteiger partial charge in [0.1, 0.15) is 5.75 Å². The van der Waals surface area contributed by atoms with Gasteiger partial charge in [0.25, 0.3) is 0 Å². The van der Waals surface area contributed by atoms with Gasteiger partial charge in [-0.15, -0.1) is 0 Å². The van der Waals surface area contributed by atoms with Crippen molar-refractivity contribution in [3.8, 4) is 5.75 Å². The van der Waals surface area contributed by atoms with Gasteiger partial charge in [0, 0.05) is 49.3 Å². The van der Waals surface area contributed by atoms with E-state index in [1.54, 1.807) is 0 Å². The normalized spacial score (nSPS) is 17.2. The van der Waals surface area contributed by atoms with Gasteiger partial charge >= 0.3 is 0 Å². The number of carbonyl (C=O) groups is 1. The van der Waals surface area contributed by atoms with Crippen LogP contribution in [0.2, 0.25) is 0 Å². The minimum absolute atomic E-state index is 0.0532. The second-order valence-corrected chi connectivity index (χ2v) is 8.52. The van der Waals surface area contributed by atoms with E-state index in [1.807, 2.05) is 25.1 Å². The van der Waals surface area contributed by atoms with Crippen LogP contribution in [0.1, 0.15) is 16.7 Å². The lowest BCUT2D eigenvalue weighted by Crippen LogP contribution is -2.48. The number of amides is 1. The summed E-state index contributed by atoms with van der Waals surface area (Å²) in [7, 11) is 0. The highest BCUT2D eigenvalue weighted by atomic mass is 79.9. The number of fused-ring (bicyclic) bond motifs is 1. The van der Waals surface area contributed by atoms with E-state index < -0.39 is 0 Å². The smallest absolute Gasteiger partial charge is 0.238 e. The lowest BCUT2D eigenvalue weighted by molar-refractivity contribution is -0.117. The van der Waals surface area contributed by atoms with Gasteiger partial charge in [0.2, 0.25) is 5.91 Å². The predicted molar refractivity (Wildman–Crippen MR) is 115 cm³/mol. The first kappa shape index (κ1) is 19.4. The third-order valence-corrected chi connectivity index (χ3v) is 5.95. The van der Waals surface area contributed by atoms with Crippen LogP contribution < -0.4 is 10.1 Å². The van der Waals surface area contributed by atoms with Crippen molar-refractivity contribution in [2.24, 2.45) is 0 Å². The summed E-state index contributed by atoms with van der Waals surface area (Å²) < 4.78 is 6.61. The maximum Gasteiger partial charge on any atom is 0.238 e. The molecule has 6 heteroatoms. The van der Waals surface area contributed by atoms with Crippen LogP contribution >= 0.6 is 15.9 Å². The Labute approximate surface area is 174 Å². The zero-order valence-corrected chi connectivity index (χ0v) is 17.8. The first-order valence-corrected chi connectivity index (χ1v) is 10.6. The summed E-state index contributed by atoms with van der Waals surface area (Å²) in [6.45, 7) is 8.02. The first-order chi connectivity index (χ1) is 13.6. The van der Waals surface area contributed by atoms with Crippen LogP contribution in [0.25, 0.3) is 0 Å². The molecule has 0 aromatic heterocycles. The SMILES string of the molecule is Cc1cc(Br)ccc1NC(=O)CN1CCN(Cc2ccc3c(c2)CCO3)CC1. The minimum Gasteiger partial charge on any atom is -0.493 e. The molecule has 2 aromatic rings. The molecule has 5 nitrogen and oxygen atoms in total. The largest absolute Gasteiger partial charge is 0.493 e. The highest BCUT2D eigenvalue weighted by Crippen LogP contribution is 2.26. The number of rotatable bonds is 5. The maximum absolute atomic E-state index is 12.4. The number of carbonyl (C=O) groups excluding carboxylic acids is 1. The van der Waals surface area contributed by atoms with Crippen molar-refractivity contribution >= 4 is 27.5 Å². The summed E-state index contributed by atoms with van der Waals surface area (Å²) in [5.74, 6) is 1.10. The Kier molecular flexibility index (Phi) is 5.99. The number of anilines is 1. The molecule has 4 rings (SSSR count).